The maximum atomic E-state index is 12.5. The van der Waals surface area contributed by atoms with Crippen molar-refractivity contribution >= 4 is 10.0 Å². The van der Waals surface area contributed by atoms with Crippen LogP contribution in [0.4, 0.5) is 8.78 Å². The van der Waals surface area contributed by atoms with Crippen molar-refractivity contribution in [2.75, 3.05) is 19.6 Å². The molecule has 1 rings (SSSR count). The van der Waals surface area contributed by atoms with Crippen molar-refractivity contribution in [1.29, 1.82) is 0 Å². The number of halogens is 2. The first-order valence-electron chi connectivity index (χ1n) is 5.85. The van der Waals surface area contributed by atoms with Crippen LogP contribution in [0.2, 0.25) is 0 Å². The second-order valence-corrected chi connectivity index (χ2v) is 6.52. The van der Waals surface area contributed by atoms with Crippen molar-refractivity contribution in [2.24, 2.45) is 5.92 Å². The van der Waals surface area contributed by atoms with E-state index in [1.807, 2.05) is 0 Å². The van der Waals surface area contributed by atoms with Crippen molar-refractivity contribution in [3.8, 4) is 0 Å². The average Bonchev–Trinajstić information content (AvgIpc) is 2.26. The Morgan fingerprint density at radius 2 is 1.82 bits per heavy atom. The smallest absolute Gasteiger partial charge is 0.317 e. The minimum absolute atomic E-state index is 0.173. The molecule has 0 bridgehead atoms. The van der Waals surface area contributed by atoms with Gasteiger partial charge in [0.15, 0.2) is 0 Å². The molecule has 0 aromatic heterocycles. The van der Waals surface area contributed by atoms with Gasteiger partial charge in [0.25, 0.3) is 10.0 Å². The standard InChI is InChI=1S/C10H20F2N2O2S/c1-8(2)14(17(15,16)10(11)12)7-9-3-5-13-6-4-9/h8-10,13H,3-7H2,1-2H3. The number of hydrogen-bond donors (Lipinski definition) is 1. The number of alkyl halides is 2. The maximum Gasteiger partial charge on any atom is 0.350 e. The van der Waals surface area contributed by atoms with Crippen LogP contribution in [0.25, 0.3) is 0 Å². The summed E-state index contributed by atoms with van der Waals surface area (Å²) in [5.41, 5.74) is 0. The highest BCUT2D eigenvalue weighted by Crippen LogP contribution is 2.21. The Kier molecular flexibility index (Phi) is 5.27. The van der Waals surface area contributed by atoms with Crippen molar-refractivity contribution < 1.29 is 17.2 Å². The van der Waals surface area contributed by atoms with Crippen LogP contribution in [0, 0.1) is 5.92 Å². The molecule has 0 unspecified atom stereocenters. The molecular formula is C10H20F2N2O2S. The van der Waals surface area contributed by atoms with E-state index in [2.05, 4.69) is 5.32 Å². The lowest BCUT2D eigenvalue weighted by molar-refractivity contribution is 0.199. The first kappa shape index (κ1) is 14.8. The Labute approximate surface area is 101 Å². The van der Waals surface area contributed by atoms with Gasteiger partial charge in [-0.2, -0.15) is 13.1 Å². The van der Waals surface area contributed by atoms with E-state index in [0.29, 0.717) is 0 Å². The molecule has 0 radical (unpaired) electrons. The fraction of sp³-hybridized carbons (Fsp3) is 1.00. The van der Waals surface area contributed by atoms with Crippen LogP contribution in [-0.2, 0) is 10.0 Å². The number of nitrogens with zero attached hydrogens (tertiary/aromatic N) is 1. The fourth-order valence-electron chi connectivity index (χ4n) is 2.03. The van der Waals surface area contributed by atoms with Crippen LogP contribution >= 0.6 is 0 Å². The molecule has 0 spiro atoms. The lowest BCUT2D eigenvalue weighted by atomic mass is 9.98. The predicted octanol–water partition coefficient (Wildman–Crippen LogP) is 1.25. The molecule has 0 atom stereocenters. The predicted molar refractivity (Wildman–Crippen MR) is 62.4 cm³/mol. The zero-order valence-corrected chi connectivity index (χ0v) is 11.0. The molecule has 102 valence electrons. The zero-order valence-electron chi connectivity index (χ0n) is 10.2. The van der Waals surface area contributed by atoms with Gasteiger partial charge < -0.3 is 5.32 Å². The van der Waals surface area contributed by atoms with Crippen LogP contribution in [0.5, 0.6) is 0 Å². The van der Waals surface area contributed by atoms with Crippen molar-refractivity contribution in [1.82, 2.24) is 9.62 Å². The molecule has 1 saturated heterocycles. The SMILES string of the molecule is CC(C)N(CC1CCNCC1)S(=O)(=O)C(F)F. The van der Waals surface area contributed by atoms with E-state index in [-0.39, 0.29) is 12.5 Å². The van der Waals surface area contributed by atoms with Crippen molar-refractivity contribution in [2.45, 2.75) is 38.5 Å². The number of hydrogen-bond acceptors (Lipinski definition) is 3. The molecule has 7 heteroatoms. The molecule has 0 aromatic rings. The van der Waals surface area contributed by atoms with Gasteiger partial charge in [-0.25, -0.2) is 8.42 Å². The average molecular weight is 270 g/mol. The van der Waals surface area contributed by atoms with Gasteiger partial charge >= 0.3 is 5.76 Å². The molecule has 17 heavy (non-hydrogen) atoms. The topological polar surface area (TPSA) is 49.4 Å². The van der Waals surface area contributed by atoms with Gasteiger partial charge in [0, 0.05) is 12.6 Å². The first-order chi connectivity index (χ1) is 7.85. The van der Waals surface area contributed by atoms with Gasteiger partial charge in [-0.3, -0.25) is 0 Å². The Bertz CT molecular complexity index is 327. The van der Waals surface area contributed by atoms with Gasteiger partial charge in [-0.05, 0) is 45.7 Å². The van der Waals surface area contributed by atoms with E-state index in [1.54, 1.807) is 13.8 Å². The summed E-state index contributed by atoms with van der Waals surface area (Å²) < 4.78 is 49.0. The number of sulfonamides is 1. The van der Waals surface area contributed by atoms with Crippen molar-refractivity contribution in [3.63, 3.8) is 0 Å². The zero-order chi connectivity index (χ0) is 13.1. The number of piperidine rings is 1. The normalized spacial score (nSPS) is 19.5. The Morgan fingerprint density at radius 3 is 2.24 bits per heavy atom. The summed E-state index contributed by atoms with van der Waals surface area (Å²) in [5.74, 6) is -3.15. The van der Waals surface area contributed by atoms with Crippen LogP contribution in [0.3, 0.4) is 0 Å². The lowest BCUT2D eigenvalue weighted by Crippen LogP contribution is -2.45. The van der Waals surface area contributed by atoms with Gasteiger partial charge in [-0.1, -0.05) is 0 Å². The molecule has 1 aliphatic heterocycles. The Balaban J connectivity index is 2.72. The summed E-state index contributed by atoms with van der Waals surface area (Å²) >= 11 is 0. The summed E-state index contributed by atoms with van der Waals surface area (Å²) in [7, 11) is -4.46. The largest absolute Gasteiger partial charge is 0.350 e. The fourth-order valence-corrected chi connectivity index (χ4v) is 3.24. The van der Waals surface area contributed by atoms with E-state index in [1.165, 1.54) is 0 Å². The highest BCUT2D eigenvalue weighted by molar-refractivity contribution is 7.89. The molecule has 1 fully saturated rings. The van der Waals surface area contributed by atoms with Gasteiger partial charge in [-0.15, -0.1) is 0 Å². The summed E-state index contributed by atoms with van der Waals surface area (Å²) in [6.07, 6.45) is 1.67. The van der Waals surface area contributed by atoms with E-state index in [4.69, 9.17) is 0 Å². The molecule has 4 nitrogen and oxygen atoms in total. The summed E-state index contributed by atoms with van der Waals surface area (Å²) in [6.45, 7) is 5.10. The first-order valence-corrected chi connectivity index (χ1v) is 7.35. The Morgan fingerprint density at radius 1 is 1.29 bits per heavy atom. The van der Waals surface area contributed by atoms with Crippen LogP contribution in [0.15, 0.2) is 0 Å². The number of nitrogens with one attached hydrogen (secondary N) is 1. The molecular weight excluding hydrogens is 250 g/mol. The molecule has 0 amide bonds. The van der Waals surface area contributed by atoms with E-state index in [9.17, 15) is 17.2 Å². The van der Waals surface area contributed by atoms with Gasteiger partial charge in [0.05, 0.1) is 0 Å². The Hall–Kier alpha value is -0.270. The molecule has 0 saturated carbocycles. The molecule has 1 N–H and O–H groups in total. The molecule has 1 aliphatic rings. The van der Waals surface area contributed by atoms with Gasteiger partial charge in [0.2, 0.25) is 0 Å². The molecule has 1 heterocycles. The highest BCUT2D eigenvalue weighted by Gasteiger charge is 2.35. The van der Waals surface area contributed by atoms with Crippen LogP contribution in [0.1, 0.15) is 26.7 Å². The number of rotatable bonds is 5. The second-order valence-electron chi connectivity index (χ2n) is 4.66. The van der Waals surface area contributed by atoms with E-state index >= 15 is 0 Å². The van der Waals surface area contributed by atoms with E-state index in [0.717, 1.165) is 30.2 Å². The summed E-state index contributed by atoms with van der Waals surface area (Å²) in [5, 5.41) is 3.16. The van der Waals surface area contributed by atoms with E-state index < -0.39 is 21.8 Å². The minimum atomic E-state index is -4.46. The third kappa shape index (κ3) is 3.86. The molecule has 0 aromatic carbocycles. The lowest BCUT2D eigenvalue weighted by Gasteiger charge is -2.31. The third-order valence-electron chi connectivity index (χ3n) is 3.02. The maximum absolute atomic E-state index is 12.5. The molecule has 0 aliphatic carbocycles. The van der Waals surface area contributed by atoms with Crippen LogP contribution in [-0.4, -0.2) is 44.2 Å². The highest BCUT2D eigenvalue weighted by atomic mass is 32.2. The minimum Gasteiger partial charge on any atom is -0.317 e. The summed E-state index contributed by atoms with van der Waals surface area (Å²) in [6, 6.07) is -0.427. The third-order valence-corrected chi connectivity index (χ3v) is 4.70. The van der Waals surface area contributed by atoms with Gasteiger partial charge in [0.1, 0.15) is 0 Å². The monoisotopic (exact) mass is 270 g/mol. The second kappa shape index (κ2) is 6.06. The van der Waals surface area contributed by atoms with Crippen molar-refractivity contribution in [3.05, 3.63) is 0 Å². The summed E-state index contributed by atoms with van der Waals surface area (Å²) in [4.78, 5) is 0. The quantitative estimate of drug-likeness (QED) is 0.818. The van der Waals surface area contributed by atoms with Crippen LogP contribution < -0.4 is 5.32 Å².